The van der Waals surface area contributed by atoms with E-state index in [-0.39, 0.29) is 17.3 Å². The van der Waals surface area contributed by atoms with Gasteiger partial charge in [-0.2, -0.15) is 9.78 Å². The van der Waals surface area contributed by atoms with E-state index in [4.69, 9.17) is 33.7 Å². The van der Waals surface area contributed by atoms with E-state index in [1.165, 1.54) is 4.68 Å². The largest absolute Gasteiger partial charge is 0.489 e. The molecule has 0 saturated heterocycles. The number of amides is 1. The Bertz CT molecular complexity index is 1460. The molecule has 4 aromatic rings. The number of carbonyl (C=O) groups excluding carboxylic acids is 1. The zero-order valence-corrected chi connectivity index (χ0v) is 23.1. The molecule has 2 heterocycles. The zero-order valence-electron chi connectivity index (χ0n) is 21.6. The van der Waals surface area contributed by atoms with Gasteiger partial charge in [0.25, 0.3) is 5.91 Å². The van der Waals surface area contributed by atoms with Crippen LogP contribution in [0.2, 0.25) is 10.0 Å². The first-order valence-corrected chi connectivity index (χ1v) is 12.8. The van der Waals surface area contributed by atoms with Crippen LogP contribution in [0.1, 0.15) is 48.1 Å². The summed E-state index contributed by atoms with van der Waals surface area (Å²) in [5.74, 6) is 0.151. The zero-order chi connectivity index (χ0) is 27.9. The lowest BCUT2D eigenvalue weighted by atomic mass is 10.1. The molecule has 12 nitrogen and oxygen atoms in total. The molecule has 0 spiro atoms. The number of aromatic nitrogens is 5. The standard InChI is InChI=1S/C25H27Cl2N9O3/c1-4-35(5-2)13-21-22(36(34-30-21)24-23(28)32-39-33-24)25(37)31-29-15(3)16-7-10-19(11-8-16)38-14-17-6-9-18(26)12-20(17)27/h6-12H,4-5,13-14H2,1-3H3,(H2,28,32)(H,31,37). The van der Waals surface area contributed by atoms with Crippen molar-refractivity contribution in [3.8, 4) is 11.6 Å². The van der Waals surface area contributed by atoms with Crippen LogP contribution in [0.4, 0.5) is 5.82 Å². The van der Waals surface area contributed by atoms with Crippen LogP contribution in [0, 0.1) is 0 Å². The van der Waals surface area contributed by atoms with E-state index in [2.05, 4.69) is 40.7 Å². The molecule has 0 aliphatic rings. The van der Waals surface area contributed by atoms with Gasteiger partial charge in [0, 0.05) is 22.2 Å². The van der Waals surface area contributed by atoms with E-state index in [1.807, 2.05) is 44.2 Å². The Morgan fingerprint density at radius 3 is 2.54 bits per heavy atom. The second kappa shape index (κ2) is 12.7. The highest BCUT2D eigenvalue weighted by atomic mass is 35.5. The van der Waals surface area contributed by atoms with Gasteiger partial charge >= 0.3 is 0 Å². The summed E-state index contributed by atoms with van der Waals surface area (Å²) < 4.78 is 11.7. The number of nitrogens with one attached hydrogen (secondary N) is 1. The van der Waals surface area contributed by atoms with Gasteiger partial charge < -0.3 is 10.5 Å². The first-order chi connectivity index (χ1) is 18.8. The summed E-state index contributed by atoms with van der Waals surface area (Å²) in [5, 5.41) is 20.9. The molecule has 1 amide bonds. The lowest BCUT2D eigenvalue weighted by Gasteiger charge is -2.16. The molecule has 0 bridgehead atoms. The summed E-state index contributed by atoms with van der Waals surface area (Å²) in [5.41, 5.74) is 11.2. The third kappa shape index (κ3) is 6.72. The lowest BCUT2D eigenvalue weighted by Crippen LogP contribution is -2.27. The van der Waals surface area contributed by atoms with Crippen molar-refractivity contribution in [3.63, 3.8) is 0 Å². The van der Waals surface area contributed by atoms with Gasteiger partial charge in [0.1, 0.15) is 18.1 Å². The highest BCUT2D eigenvalue weighted by Crippen LogP contribution is 2.23. The number of hydrogen-bond donors (Lipinski definition) is 2. The van der Waals surface area contributed by atoms with Crippen molar-refractivity contribution in [2.45, 2.75) is 33.9 Å². The second-order valence-corrected chi connectivity index (χ2v) is 9.26. The molecule has 0 saturated carbocycles. The van der Waals surface area contributed by atoms with Crippen LogP contribution in [-0.4, -0.2) is 54.9 Å². The van der Waals surface area contributed by atoms with Crippen LogP contribution in [0.5, 0.6) is 5.75 Å². The predicted octanol–water partition coefficient (Wildman–Crippen LogP) is 4.11. The molecule has 0 aliphatic heterocycles. The predicted molar refractivity (Wildman–Crippen MR) is 147 cm³/mol. The van der Waals surface area contributed by atoms with Crippen molar-refractivity contribution < 1.29 is 14.2 Å². The summed E-state index contributed by atoms with van der Waals surface area (Å²) in [6.07, 6.45) is 0. The summed E-state index contributed by atoms with van der Waals surface area (Å²) in [6, 6.07) is 12.5. The lowest BCUT2D eigenvalue weighted by molar-refractivity contribution is 0.0944. The average molecular weight is 572 g/mol. The maximum atomic E-state index is 13.3. The minimum absolute atomic E-state index is 0.0244. The topological polar surface area (TPSA) is 150 Å². The molecular weight excluding hydrogens is 545 g/mol. The Morgan fingerprint density at radius 2 is 1.90 bits per heavy atom. The first-order valence-electron chi connectivity index (χ1n) is 12.1. The number of halogens is 2. The number of carbonyl (C=O) groups is 1. The maximum Gasteiger partial charge on any atom is 0.292 e. The number of rotatable bonds is 11. The summed E-state index contributed by atoms with van der Waals surface area (Å²) >= 11 is 12.2. The fourth-order valence-corrected chi connectivity index (χ4v) is 4.10. The van der Waals surface area contributed by atoms with Crippen molar-refractivity contribution in [1.29, 1.82) is 0 Å². The number of benzene rings is 2. The molecular formula is C25H27Cl2N9O3. The minimum atomic E-state index is -0.538. The molecule has 3 N–H and O–H groups in total. The molecule has 4 rings (SSSR count). The fourth-order valence-electron chi connectivity index (χ4n) is 3.64. The van der Waals surface area contributed by atoms with Crippen molar-refractivity contribution in [3.05, 3.63) is 75.0 Å². The maximum absolute atomic E-state index is 13.3. The van der Waals surface area contributed by atoms with Gasteiger partial charge in [0.05, 0.1) is 5.71 Å². The van der Waals surface area contributed by atoms with Crippen LogP contribution in [0.15, 0.2) is 52.2 Å². The molecule has 2 aromatic heterocycles. The van der Waals surface area contributed by atoms with E-state index in [0.29, 0.717) is 40.4 Å². The summed E-state index contributed by atoms with van der Waals surface area (Å²) in [7, 11) is 0. The number of hydrogen-bond acceptors (Lipinski definition) is 10. The van der Waals surface area contributed by atoms with Gasteiger partial charge in [0.2, 0.25) is 11.6 Å². The van der Waals surface area contributed by atoms with Crippen molar-refractivity contribution in [1.82, 2.24) is 35.6 Å². The summed E-state index contributed by atoms with van der Waals surface area (Å²) in [6.45, 7) is 8.03. The van der Waals surface area contributed by atoms with E-state index >= 15 is 0 Å². The molecule has 14 heteroatoms. The van der Waals surface area contributed by atoms with Crippen LogP contribution < -0.4 is 15.9 Å². The van der Waals surface area contributed by atoms with E-state index in [9.17, 15) is 4.79 Å². The second-order valence-electron chi connectivity index (χ2n) is 8.42. The Labute approximate surface area is 234 Å². The van der Waals surface area contributed by atoms with Crippen LogP contribution in [0.25, 0.3) is 5.82 Å². The van der Waals surface area contributed by atoms with E-state index < -0.39 is 5.91 Å². The minimum Gasteiger partial charge on any atom is -0.489 e. The Balaban J connectivity index is 1.48. The quantitative estimate of drug-likeness (QED) is 0.200. The first kappa shape index (κ1) is 28.0. The Morgan fingerprint density at radius 1 is 1.15 bits per heavy atom. The van der Waals surface area contributed by atoms with Gasteiger partial charge in [-0.25, -0.2) is 10.1 Å². The van der Waals surface area contributed by atoms with Crippen molar-refractivity contribution in [2.24, 2.45) is 5.10 Å². The molecule has 39 heavy (non-hydrogen) atoms. The Kier molecular flexibility index (Phi) is 9.12. The number of nitrogen functional groups attached to an aromatic ring is 1. The van der Waals surface area contributed by atoms with E-state index in [0.717, 1.165) is 24.2 Å². The van der Waals surface area contributed by atoms with Crippen molar-refractivity contribution >= 4 is 40.6 Å². The van der Waals surface area contributed by atoms with Gasteiger partial charge in [-0.3, -0.25) is 9.69 Å². The molecule has 204 valence electrons. The molecule has 2 aromatic carbocycles. The fraction of sp³-hybridized carbons (Fsp3) is 0.280. The van der Waals surface area contributed by atoms with Crippen LogP contribution >= 0.6 is 23.2 Å². The van der Waals surface area contributed by atoms with Crippen molar-refractivity contribution in [2.75, 3.05) is 18.8 Å². The summed E-state index contributed by atoms with van der Waals surface area (Å²) in [4.78, 5) is 15.4. The van der Waals surface area contributed by atoms with Gasteiger partial charge in [-0.15, -0.1) is 5.10 Å². The molecule has 0 radical (unpaired) electrons. The van der Waals surface area contributed by atoms with Gasteiger partial charge in [-0.1, -0.05) is 48.3 Å². The third-order valence-electron chi connectivity index (χ3n) is 5.93. The van der Waals surface area contributed by atoms with E-state index in [1.54, 1.807) is 19.1 Å². The van der Waals surface area contributed by atoms with Crippen LogP contribution in [0.3, 0.4) is 0 Å². The highest BCUT2D eigenvalue weighted by molar-refractivity contribution is 6.35. The number of anilines is 1. The number of nitrogens with zero attached hydrogens (tertiary/aromatic N) is 7. The Hall–Kier alpha value is -4.00. The number of nitrogens with two attached hydrogens (primary N) is 1. The number of hydrazone groups is 1. The highest BCUT2D eigenvalue weighted by Gasteiger charge is 2.26. The average Bonchev–Trinajstić information content (AvgIpc) is 3.55. The third-order valence-corrected chi connectivity index (χ3v) is 6.51. The molecule has 0 aliphatic carbocycles. The SMILES string of the molecule is CCN(CC)Cc1nnn(-c2nonc2N)c1C(=O)NN=C(C)c1ccc(OCc2ccc(Cl)cc2Cl)cc1. The van der Waals surface area contributed by atoms with Crippen LogP contribution in [-0.2, 0) is 13.2 Å². The smallest absolute Gasteiger partial charge is 0.292 e. The molecule has 0 atom stereocenters. The number of ether oxygens (including phenoxy) is 1. The monoisotopic (exact) mass is 571 g/mol. The molecule has 0 unspecified atom stereocenters. The van der Waals surface area contributed by atoms with Gasteiger partial charge in [-0.05, 0) is 72.3 Å². The normalized spacial score (nSPS) is 11.7. The molecule has 0 fully saturated rings. The van der Waals surface area contributed by atoms with Gasteiger partial charge in [0.15, 0.2) is 5.69 Å².